The summed E-state index contributed by atoms with van der Waals surface area (Å²) in [6, 6.07) is 12.0. The van der Waals surface area contributed by atoms with Gasteiger partial charge >= 0.3 is 0 Å². The Balaban J connectivity index is 1.91. The van der Waals surface area contributed by atoms with E-state index < -0.39 is 28.5 Å². The molecule has 0 aliphatic heterocycles. The van der Waals surface area contributed by atoms with Gasteiger partial charge in [-0.1, -0.05) is 31.0 Å². The molecule has 0 spiro atoms. The molecule has 2 aromatic carbocycles. The summed E-state index contributed by atoms with van der Waals surface area (Å²) in [6.07, 6.45) is 5.09. The average molecular weight is 516 g/mol. The number of ether oxygens (including phenoxy) is 1. The van der Waals surface area contributed by atoms with Gasteiger partial charge in [-0.25, -0.2) is 8.42 Å². The zero-order valence-electron chi connectivity index (χ0n) is 21.8. The number of nitrogens with one attached hydrogen (secondary N) is 1. The van der Waals surface area contributed by atoms with E-state index in [-0.39, 0.29) is 18.5 Å². The molecule has 0 saturated heterocycles. The highest BCUT2D eigenvalue weighted by molar-refractivity contribution is 7.92. The predicted molar refractivity (Wildman–Crippen MR) is 142 cm³/mol. The maximum atomic E-state index is 13.7. The maximum absolute atomic E-state index is 13.7. The number of rotatable bonds is 10. The van der Waals surface area contributed by atoms with E-state index in [2.05, 4.69) is 5.32 Å². The van der Waals surface area contributed by atoms with Crippen LogP contribution in [0.1, 0.15) is 49.3 Å². The first-order valence-corrected chi connectivity index (χ1v) is 14.1. The second-order valence-corrected chi connectivity index (χ2v) is 11.6. The number of hydrogen-bond acceptors (Lipinski definition) is 5. The first kappa shape index (κ1) is 27.5. The second-order valence-electron chi connectivity index (χ2n) is 9.65. The summed E-state index contributed by atoms with van der Waals surface area (Å²) in [7, 11) is -2.20. The Morgan fingerprint density at radius 3 is 2.31 bits per heavy atom. The van der Waals surface area contributed by atoms with Crippen LogP contribution in [0, 0.1) is 13.8 Å². The Morgan fingerprint density at radius 2 is 1.72 bits per heavy atom. The molecule has 2 aromatic rings. The summed E-state index contributed by atoms with van der Waals surface area (Å²) in [5.41, 5.74) is 2.99. The van der Waals surface area contributed by atoms with Crippen molar-refractivity contribution in [1.82, 2.24) is 10.2 Å². The topological polar surface area (TPSA) is 96.0 Å². The Kier molecular flexibility index (Phi) is 9.00. The van der Waals surface area contributed by atoms with E-state index in [1.165, 1.54) is 4.90 Å². The van der Waals surface area contributed by atoms with Gasteiger partial charge in [0.1, 0.15) is 18.3 Å². The second kappa shape index (κ2) is 11.8. The number of anilines is 1. The molecule has 1 saturated carbocycles. The van der Waals surface area contributed by atoms with Crippen LogP contribution in [0.15, 0.2) is 42.5 Å². The van der Waals surface area contributed by atoms with Crippen molar-refractivity contribution in [3.05, 3.63) is 59.2 Å². The molecule has 1 fully saturated rings. The zero-order valence-corrected chi connectivity index (χ0v) is 22.6. The number of benzene rings is 2. The third-order valence-corrected chi connectivity index (χ3v) is 7.67. The minimum atomic E-state index is -3.76. The van der Waals surface area contributed by atoms with E-state index in [9.17, 15) is 18.0 Å². The van der Waals surface area contributed by atoms with E-state index in [0.717, 1.165) is 52.9 Å². The lowest BCUT2D eigenvalue weighted by atomic mass is 10.1. The lowest BCUT2D eigenvalue weighted by Gasteiger charge is -2.32. The van der Waals surface area contributed by atoms with Crippen molar-refractivity contribution < 1.29 is 22.7 Å². The normalized spacial score (nSPS) is 14.8. The van der Waals surface area contributed by atoms with Crippen LogP contribution in [0.2, 0.25) is 0 Å². The van der Waals surface area contributed by atoms with Gasteiger partial charge in [0.05, 0.1) is 19.1 Å². The van der Waals surface area contributed by atoms with E-state index in [1.807, 2.05) is 32.0 Å². The number of nitrogens with zero attached hydrogens (tertiary/aromatic N) is 2. The summed E-state index contributed by atoms with van der Waals surface area (Å²) < 4.78 is 31.9. The molecule has 8 nitrogen and oxygen atoms in total. The molecule has 36 heavy (non-hydrogen) atoms. The quantitative estimate of drug-likeness (QED) is 0.522. The monoisotopic (exact) mass is 515 g/mol. The maximum Gasteiger partial charge on any atom is 0.244 e. The predicted octanol–water partition coefficient (Wildman–Crippen LogP) is 3.55. The van der Waals surface area contributed by atoms with Crippen LogP contribution in [0.4, 0.5) is 5.69 Å². The lowest BCUT2D eigenvalue weighted by molar-refractivity contribution is -0.139. The van der Waals surface area contributed by atoms with Crippen molar-refractivity contribution in [3.8, 4) is 5.75 Å². The van der Waals surface area contributed by atoms with Crippen molar-refractivity contribution in [3.63, 3.8) is 0 Å². The Labute approximate surface area is 214 Å². The van der Waals surface area contributed by atoms with Crippen LogP contribution in [0.3, 0.4) is 0 Å². The molecular formula is C27H37N3O5S. The molecule has 1 aliphatic carbocycles. The molecular weight excluding hydrogens is 478 g/mol. The van der Waals surface area contributed by atoms with Crippen LogP contribution in [-0.4, -0.2) is 57.1 Å². The van der Waals surface area contributed by atoms with Gasteiger partial charge in [-0.15, -0.1) is 0 Å². The number of amides is 2. The third kappa shape index (κ3) is 7.22. The number of aryl methyl sites for hydroxylation is 2. The molecule has 9 heteroatoms. The van der Waals surface area contributed by atoms with Gasteiger partial charge in [-0.3, -0.25) is 13.9 Å². The van der Waals surface area contributed by atoms with Crippen molar-refractivity contribution in [2.75, 3.05) is 24.2 Å². The summed E-state index contributed by atoms with van der Waals surface area (Å²) in [5, 5.41) is 3.06. The fraction of sp³-hybridized carbons (Fsp3) is 0.481. The molecule has 0 heterocycles. The fourth-order valence-electron chi connectivity index (χ4n) is 4.65. The van der Waals surface area contributed by atoms with Gasteiger partial charge in [0, 0.05) is 12.6 Å². The molecule has 0 aromatic heterocycles. The highest BCUT2D eigenvalue weighted by Crippen LogP contribution is 2.23. The summed E-state index contributed by atoms with van der Waals surface area (Å²) in [4.78, 5) is 28.3. The first-order chi connectivity index (χ1) is 17.0. The van der Waals surface area contributed by atoms with Gasteiger partial charge in [0.2, 0.25) is 21.8 Å². The van der Waals surface area contributed by atoms with Crippen LogP contribution in [0.5, 0.6) is 5.75 Å². The molecule has 1 aliphatic rings. The summed E-state index contributed by atoms with van der Waals surface area (Å²) in [5.74, 6) is -0.0668. The summed E-state index contributed by atoms with van der Waals surface area (Å²) >= 11 is 0. The van der Waals surface area contributed by atoms with Gasteiger partial charge in [0.15, 0.2) is 0 Å². The lowest BCUT2D eigenvalue weighted by Crippen LogP contribution is -2.52. The molecule has 0 unspecified atom stereocenters. The van der Waals surface area contributed by atoms with Gasteiger partial charge in [-0.05, 0) is 74.6 Å². The van der Waals surface area contributed by atoms with E-state index in [4.69, 9.17) is 4.74 Å². The molecule has 3 rings (SSSR count). The van der Waals surface area contributed by atoms with Crippen molar-refractivity contribution in [2.24, 2.45) is 0 Å². The molecule has 0 bridgehead atoms. The highest BCUT2D eigenvalue weighted by atomic mass is 32.2. The zero-order chi connectivity index (χ0) is 26.5. The van der Waals surface area contributed by atoms with Crippen molar-refractivity contribution >= 4 is 27.5 Å². The third-order valence-electron chi connectivity index (χ3n) is 6.53. The number of carbonyl (C=O) groups excluding carboxylic acids is 2. The van der Waals surface area contributed by atoms with Crippen LogP contribution in [-0.2, 0) is 26.2 Å². The molecule has 1 atom stereocenters. The van der Waals surface area contributed by atoms with Gasteiger partial charge in [0.25, 0.3) is 0 Å². The SMILES string of the molecule is COc1cccc(CN(C(=O)CN(c2cc(C)cc(C)c2)S(C)(=O)=O)[C@@H](C)C(=O)NC2CCCC2)c1. The number of sulfonamides is 1. The molecule has 1 N–H and O–H groups in total. The molecule has 196 valence electrons. The van der Waals surface area contributed by atoms with E-state index in [0.29, 0.717) is 11.4 Å². The Hall–Kier alpha value is -3.07. The number of hydrogen-bond donors (Lipinski definition) is 1. The van der Waals surface area contributed by atoms with Crippen LogP contribution >= 0.6 is 0 Å². The fourth-order valence-corrected chi connectivity index (χ4v) is 5.48. The largest absolute Gasteiger partial charge is 0.497 e. The minimum absolute atomic E-state index is 0.108. The van der Waals surface area contributed by atoms with E-state index in [1.54, 1.807) is 38.3 Å². The Morgan fingerprint density at radius 1 is 1.08 bits per heavy atom. The van der Waals surface area contributed by atoms with Gasteiger partial charge in [-0.2, -0.15) is 0 Å². The number of methoxy groups -OCH3 is 1. The number of carbonyl (C=O) groups is 2. The average Bonchev–Trinajstić information content (AvgIpc) is 3.32. The standard InChI is InChI=1S/C27H37N3O5S/c1-19-13-20(2)15-24(14-19)30(36(5,33)34)18-26(31)29(17-22-9-8-12-25(16-22)35-4)21(3)27(32)28-23-10-6-7-11-23/h8-9,12-16,21,23H,6-7,10-11,17-18H2,1-5H3,(H,28,32)/t21-/m0/s1. The smallest absolute Gasteiger partial charge is 0.244 e. The highest BCUT2D eigenvalue weighted by Gasteiger charge is 2.31. The first-order valence-electron chi connectivity index (χ1n) is 12.3. The Bertz CT molecular complexity index is 1170. The molecule has 0 radical (unpaired) electrons. The molecule has 2 amide bonds. The van der Waals surface area contributed by atoms with Crippen LogP contribution < -0.4 is 14.4 Å². The van der Waals surface area contributed by atoms with Gasteiger partial charge < -0.3 is 15.0 Å². The van der Waals surface area contributed by atoms with Crippen molar-refractivity contribution in [1.29, 1.82) is 0 Å². The summed E-state index contributed by atoms with van der Waals surface area (Å²) in [6.45, 7) is 5.17. The van der Waals surface area contributed by atoms with E-state index >= 15 is 0 Å². The van der Waals surface area contributed by atoms with Crippen molar-refractivity contribution in [2.45, 2.75) is 65.1 Å². The minimum Gasteiger partial charge on any atom is -0.497 e. The van der Waals surface area contributed by atoms with Crippen LogP contribution in [0.25, 0.3) is 0 Å².